The van der Waals surface area contributed by atoms with Crippen molar-refractivity contribution in [3.8, 4) is 5.75 Å². The van der Waals surface area contributed by atoms with Crippen LogP contribution in [0.5, 0.6) is 5.75 Å². The minimum atomic E-state index is -4.35. The first-order chi connectivity index (χ1) is 8.39. The normalized spacial score (nSPS) is 10.3. The van der Waals surface area contributed by atoms with Crippen molar-refractivity contribution in [3.63, 3.8) is 0 Å². The van der Waals surface area contributed by atoms with Crippen LogP contribution < -0.4 is 0 Å². The largest absolute Gasteiger partial charge is 0.508 e. The Morgan fingerprint density at radius 2 is 1.83 bits per heavy atom. The molecule has 0 saturated heterocycles. The van der Waals surface area contributed by atoms with Crippen LogP contribution in [0, 0.1) is 0 Å². The second kappa shape index (κ2) is 8.65. The second-order valence-corrected chi connectivity index (χ2v) is 4.22. The number of hydrogen-bond donors (Lipinski definition) is 3. The number of aliphatic hydroxyl groups excluding tert-OH is 1. The van der Waals surface area contributed by atoms with Gasteiger partial charge >= 0.3 is 10.4 Å². The van der Waals surface area contributed by atoms with E-state index in [4.69, 9.17) is 14.8 Å². The first kappa shape index (κ1) is 16.6. The highest BCUT2D eigenvalue weighted by Gasteiger charge is 2.00. The lowest BCUT2D eigenvalue weighted by atomic mass is 10.1. The second-order valence-electron chi connectivity index (χ2n) is 3.13. The van der Waals surface area contributed by atoms with Gasteiger partial charge in [0.15, 0.2) is 0 Å². The molecule has 18 heavy (non-hydrogen) atoms. The molecular formula is C11H16O6S. The fraction of sp³-hybridized carbons (Fsp3) is 0.273. The molecule has 0 unspecified atom stereocenters. The lowest BCUT2D eigenvalue weighted by Crippen LogP contribution is -2.06. The predicted octanol–water partition coefficient (Wildman–Crippen LogP) is 0.919. The van der Waals surface area contributed by atoms with E-state index >= 15 is 0 Å². The van der Waals surface area contributed by atoms with E-state index in [1.54, 1.807) is 12.1 Å². The van der Waals surface area contributed by atoms with E-state index in [2.05, 4.69) is 10.8 Å². The number of benzene rings is 1. The van der Waals surface area contributed by atoms with Crippen molar-refractivity contribution in [2.75, 3.05) is 13.2 Å². The molecule has 0 radical (unpaired) electrons. The molecule has 3 N–H and O–H groups in total. The summed E-state index contributed by atoms with van der Waals surface area (Å²) in [5, 5.41) is 16.8. The van der Waals surface area contributed by atoms with Crippen LogP contribution in [0.3, 0.4) is 0 Å². The molecular weight excluding hydrogens is 260 g/mol. The first-order valence-electron chi connectivity index (χ1n) is 5.00. The fourth-order valence-corrected chi connectivity index (χ4v) is 1.23. The van der Waals surface area contributed by atoms with E-state index < -0.39 is 23.6 Å². The molecule has 0 aromatic heterocycles. The van der Waals surface area contributed by atoms with E-state index in [0.717, 1.165) is 6.42 Å². The van der Waals surface area contributed by atoms with Gasteiger partial charge in [-0.05, 0) is 24.1 Å². The average Bonchev–Trinajstić information content (AvgIpc) is 2.30. The van der Waals surface area contributed by atoms with Crippen molar-refractivity contribution in [1.29, 1.82) is 0 Å². The van der Waals surface area contributed by atoms with Crippen LogP contribution in [0.1, 0.15) is 5.56 Å². The lowest BCUT2D eigenvalue weighted by molar-refractivity contribution is 0.188. The Morgan fingerprint density at radius 1 is 1.28 bits per heavy atom. The number of phenolic OH excluding ortho intramolecular Hbond substituents is 1. The van der Waals surface area contributed by atoms with Gasteiger partial charge in [0.1, 0.15) is 5.75 Å². The zero-order valence-corrected chi connectivity index (χ0v) is 10.5. The van der Waals surface area contributed by atoms with Crippen LogP contribution in [-0.4, -0.2) is 36.4 Å². The molecule has 1 aromatic rings. The summed E-state index contributed by atoms with van der Waals surface area (Å²) >= 11 is 0. The van der Waals surface area contributed by atoms with Gasteiger partial charge in [0.25, 0.3) is 0 Å². The van der Waals surface area contributed by atoms with Crippen molar-refractivity contribution < 1.29 is 27.4 Å². The smallest absolute Gasteiger partial charge is 0.397 e. The molecule has 6 nitrogen and oxygen atoms in total. The van der Waals surface area contributed by atoms with Gasteiger partial charge in [-0.2, -0.15) is 8.42 Å². The quantitative estimate of drug-likeness (QED) is 0.545. The standard InChI is InChI=1S/C9H10O.C2H6O5S/c1-2-3-8-4-6-9(10)7-5-8;3-1-2-7-8(4,5)6/h2,4-7,10H,1,3H2;3H,1-2H2,(H,4,5,6). The van der Waals surface area contributed by atoms with E-state index in [1.807, 2.05) is 18.2 Å². The third kappa shape index (κ3) is 9.79. The van der Waals surface area contributed by atoms with E-state index in [9.17, 15) is 8.42 Å². The Balaban J connectivity index is 0.000000331. The minimum absolute atomic E-state index is 0.313. The number of aliphatic hydroxyl groups is 1. The Kier molecular flexibility index (Phi) is 7.97. The summed E-state index contributed by atoms with van der Waals surface area (Å²) in [4.78, 5) is 0. The molecule has 0 aliphatic carbocycles. The van der Waals surface area contributed by atoms with Crippen molar-refractivity contribution >= 4 is 10.4 Å². The highest BCUT2D eigenvalue weighted by atomic mass is 32.3. The van der Waals surface area contributed by atoms with Gasteiger partial charge in [0.2, 0.25) is 0 Å². The van der Waals surface area contributed by atoms with Crippen molar-refractivity contribution in [1.82, 2.24) is 0 Å². The summed E-state index contributed by atoms with van der Waals surface area (Å²) in [5.74, 6) is 0.313. The lowest BCUT2D eigenvalue weighted by Gasteiger charge is -1.94. The maximum atomic E-state index is 9.61. The molecule has 0 atom stereocenters. The van der Waals surface area contributed by atoms with Crippen LogP contribution in [-0.2, 0) is 21.0 Å². The van der Waals surface area contributed by atoms with E-state index in [0.29, 0.717) is 5.75 Å². The Hall–Kier alpha value is -1.41. The Labute approximate surface area is 106 Å². The maximum Gasteiger partial charge on any atom is 0.397 e. The zero-order chi connectivity index (χ0) is 14.0. The Morgan fingerprint density at radius 3 is 2.17 bits per heavy atom. The molecule has 0 aliphatic rings. The average molecular weight is 276 g/mol. The molecule has 0 fully saturated rings. The van der Waals surface area contributed by atoms with Gasteiger partial charge in [0, 0.05) is 0 Å². The van der Waals surface area contributed by atoms with Crippen LogP contribution in [0.15, 0.2) is 36.9 Å². The highest BCUT2D eigenvalue weighted by molar-refractivity contribution is 7.80. The summed E-state index contributed by atoms with van der Waals surface area (Å²) in [6.45, 7) is 2.78. The molecule has 7 heteroatoms. The molecule has 0 amide bonds. The summed E-state index contributed by atoms with van der Waals surface area (Å²) in [6, 6.07) is 7.13. The van der Waals surface area contributed by atoms with Crippen LogP contribution >= 0.6 is 0 Å². The Bertz CT molecular complexity index is 437. The first-order valence-corrected chi connectivity index (χ1v) is 6.37. The van der Waals surface area contributed by atoms with Crippen molar-refractivity contribution in [2.24, 2.45) is 0 Å². The third-order valence-corrected chi connectivity index (χ3v) is 2.10. The number of allylic oxidation sites excluding steroid dienone is 1. The van der Waals surface area contributed by atoms with Crippen LogP contribution in [0.4, 0.5) is 0 Å². The zero-order valence-electron chi connectivity index (χ0n) is 9.69. The van der Waals surface area contributed by atoms with Gasteiger partial charge in [0.05, 0.1) is 13.2 Å². The summed E-state index contributed by atoms with van der Waals surface area (Å²) in [5.41, 5.74) is 1.17. The van der Waals surface area contributed by atoms with Gasteiger partial charge in [-0.1, -0.05) is 18.2 Å². The molecule has 0 spiro atoms. The molecule has 1 rings (SSSR count). The fourth-order valence-electron chi connectivity index (χ4n) is 0.941. The number of rotatable bonds is 5. The molecule has 0 bridgehead atoms. The molecule has 0 heterocycles. The monoisotopic (exact) mass is 276 g/mol. The van der Waals surface area contributed by atoms with E-state index in [1.165, 1.54) is 5.56 Å². The SMILES string of the molecule is C=CCc1ccc(O)cc1.O=S(=O)(O)OCCO. The minimum Gasteiger partial charge on any atom is -0.508 e. The summed E-state index contributed by atoms with van der Waals surface area (Å²) in [7, 11) is -4.35. The summed E-state index contributed by atoms with van der Waals surface area (Å²) < 4.78 is 30.7. The maximum absolute atomic E-state index is 9.61. The predicted molar refractivity (Wildman–Crippen MR) is 66.6 cm³/mol. The van der Waals surface area contributed by atoms with Gasteiger partial charge in [-0.3, -0.25) is 4.55 Å². The topological polar surface area (TPSA) is 104 Å². The van der Waals surface area contributed by atoms with Gasteiger partial charge in [-0.15, -0.1) is 6.58 Å². The number of hydrogen-bond acceptors (Lipinski definition) is 5. The number of phenols is 1. The summed E-state index contributed by atoms with van der Waals surface area (Å²) in [6.07, 6.45) is 2.70. The van der Waals surface area contributed by atoms with Crippen molar-refractivity contribution in [2.45, 2.75) is 6.42 Å². The third-order valence-electron chi connectivity index (χ3n) is 1.64. The number of aromatic hydroxyl groups is 1. The molecule has 102 valence electrons. The highest BCUT2D eigenvalue weighted by Crippen LogP contribution is 2.09. The van der Waals surface area contributed by atoms with Gasteiger partial charge < -0.3 is 10.2 Å². The molecule has 0 aliphatic heterocycles. The van der Waals surface area contributed by atoms with Crippen molar-refractivity contribution in [3.05, 3.63) is 42.5 Å². The van der Waals surface area contributed by atoms with E-state index in [-0.39, 0.29) is 0 Å². The van der Waals surface area contributed by atoms with Crippen LogP contribution in [0.2, 0.25) is 0 Å². The van der Waals surface area contributed by atoms with Crippen LogP contribution in [0.25, 0.3) is 0 Å². The molecule has 0 saturated carbocycles. The molecule has 1 aromatic carbocycles. The van der Waals surface area contributed by atoms with Gasteiger partial charge in [-0.25, -0.2) is 4.18 Å².